The van der Waals surface area contributed by atoms with Crippen molar-refractivity contribution in [1.29, 1.82) is 0 Å². The fourth-order valence-corrected chi connectivity index (χ4v) is 7.46. The Morgan fingerprint density at radius 3 is 2.79 bits per heavy atom. The Bertz CT molecular complexity index is 1340. The van der Waals surface area contributed by atoms with Crippen LogP contribution in [0.5, 0.6) is 0 Å². The van der Waals surface area contributed by atoms with Gasteiger partial charge in [0.2, 0.25) is 0 Å². The van der Waals surface area contributed by atoms with Crippen molar-refractivity contribution < 1.29 is 4.74 Å². The molecule has 4 heterocycles. The van der Waals surface area contributed by atoms with Gasteiger partial charge < -0.3 is 4.74 Å². The zero-order valence-electron chi connectivity index (χ0n) is 18.7. The maximum atomic E-state index is 6.40. The second kappa shape index (κ2) is 9.55. The minimum Gasteiger partial charge on any atom is -0.369 e. The summed E-state index contributed by atoms with van der Waals surface area (Å²) in [6, 6.07) is 5.60. The van der Waals surface area contributed by atoms with Crippen LogP contribution in [0.15, 0.2) is 28.5 Å². The monoisotopic (exact) mass is 538 g/mol. The zero-order chi connectivity index (χ0) is 23.2. The van der Waals surface area contributed by atoms with E-state index in [1.54, 1.807) is 40.9 Å². The first-order chi connectivity index (χ1) is 15.9. The third-order valence-corrected chi connectivity index (χ3v) is 9.78. The fraction of sp³-hybridized carbons (Fsp3) is 0.435. The van der Waals surface area contributed by atoms with E-state index in [2.05, 4.69) is 35.4 Å². The molecule has 1 aromatic carbocycles. The Kier molecular flexibility index (Phi) is 6.86. The molecule has 0 saturated heterocycles. The summed E-state index contributed by atoms with van der Waals surface area (Å²) >= 11 is 17.6. The summed E-state index contributed by atoms with van der Waals surface area (Å²) in [7, 11) is 0. The Morgan fingerprint density at radius 2 is 2.03 bits per heavy atom. The van der Waals surface area contributed by atoms with Crippen molar-refractivity contribution in [2.75, 3.05) is 5.75 Å². The van der Waals surface area contributed by atoms with Crippen molar-refractivity contribution in [3.05, 3.63) is 44.2 Å². The fourth-order valence-electron chi connectivity index (χ4n) is 3.91. The largest absolute Gasteiger partial charge is 0.369 e. The maximum absolute atomic E-state index is 6.40. The van der Waals surface area contributed by atoms with Crippen LogP contribution in [-0.2, 0) is 23.5 Å². The van der Waals surface area contributed by atoms with E-state index in [1.165, 1.54) is 10.4 Å². The summed E-state index contributed by atoms with van der Waals surface area (Å²) in [6.07, 6.45) is 2.90. The maximum Gasteiger partial charge on any atom is 0.198 e. The second-order valence-electron chi connectivity index (χ2n) is 8.36. The van der Waals surface area contributed by atoms with E-state index >= 15 is 0 Å². The van der Waals surface area contributed by atoms with Crippen molar-refractivity contribution in [2.24, 2.45) is 0 Å². The van der Waals surface area contributed by atoms with Gasteiger partial charge in [0.05, 0.1) is 17.6 Å². The molecule has 5 nitrogen and oxygen atoms in total. The predicted molar refractivity (Wildman–Crippen MR) is 140 cm³/mol. The van der Waals surface area contributed by atoms with Gasteiger partial charge in [-0.15, -0.1) is 21.5 Å². The molecule has 0 spiro atoms. The molecule has 4 aromatic rings. The molecule has 1 aliphatic heterocycles. The van der Waals surface area contributed by atoms with Gasteiger partial charge in [0.1, 0.15) is 4.83 Å². The number of halogens is 2. The van der Waals surface area contributed by atoms with Crippen LogP contribution >= 0.6 is 58.1 Å². The van der Waals surface area contributed by atoms with Gasteiger partial charge in [-0.2, -0.15) is 0 Å². The Hall–Kier alpha value is -1.03. The highest BCUT2D eigenvalue weighted by atomic mass is 35.5. The molecule has 0 N–H and O–H groups in total. The van der Waals surface area contributed by atoms with Crippen LogP contribution in [0.25, 0.3) is 15.9 Å². The number of aromatic nitrogens is 4. The van der Waals surface area contributed by atoms with Crippen LogP contribution < -0.4 is 0 Å². The van der Waals surface area contributed by atoms with Gasteiger partial charge in [0.25, 0.3) is 0 Å². The smallest absolute Gasteiger partial charge is 0.198 e. The number of hydrogen-bond donors (Lipinski definition) is 0. The molecule has 0 bridgehead atoms. The summed E-state index contributed by atoms with van der Waals surface area (Å²) in [5.74, 6) is 1.66. The normalized spacial score (nSPS) is 18.3. The van der Waals surface area contributed by atoms with Gasteiger partial charge in [-0.1, -0.05) is 66.6 Å². The number of benzene rings is 1. The molecule has 0 aliphatic carbocycles. The number of thioether (sulfide) groups is 2. The van der Waals surface area contributed by atoms with E-state index in [4.69, 9.17) is 32.9 Å². The average molecular weight is 540 g/mol. The predicted octanol–water partition coefficient (Wildman–Crippen LogP) is 7.68. The van der Waals surface area contributed by atoms with Gasteiger partial charge in [-0.3, -0.25) is 0 Å². The number of thiophene rings is 1. The van der Waals surface area contributed by atoms with Crippen molar-refractivity contribution >= 4 is 73.9 Å². The van der Waals surface area contributed by atoms with Gasteiger partial charge in [0, 0.05) is 32.8 Å². The summed E-state index contributed by atoms with van der Waals surface area (Å²) in [6.45, 7) is 7.19. The summed E-state index contributed by atoms with van der Waals surface area (Å²) in [5.41, 5.74) is 3.07. The molecular formula is C23H24Cl2N4OS3. The van der Waals surface area contributed by atoms with Crippen molar-refractivity contribution in [2.45, 2.75) is 68.3 Å². The average Bonchev–Trinajstić information content (AvgIpc) is 3.37. The molecule has 5 rings (SSSR count). The van der Waals surface area contributed by atoms with Crippen LogP contribution in [0.4, 0.5) is 0 Å². The van der Waals surface area contributed by atoms with E-state index in [-0.39, 0.29) is 5.60 Å². The zero-order valence-corrected chi connectivity index (χ0v) is 22.6. The summed E-state index contributed by atoms with van der Waals surface area (Å²) in [4.78, 5) is 7.37. The molecule has 3 aromatic heterocycles. The summed E-state index contributed by atoms with van der Waals surface area (Å²) in [5, 5.41) is 13.4. The van der Waals surface area contributed by atoms with Crippen LogP contribution in [0.2, 0.25) is 10.0 Å². The Balaban J connectivity index is 1.60. The topological polar surface area (TPSA) is 52.3 Å². The minimum absolute atomic E-state index is 0.156. The lowest BCUT2D eigenvalue weighted by atomic mass is 9.90. The van der Waals surface area contributed by atoms with Crippen LogP contribution in [0, 0.1) is 0 Å². The SMILES string of the molecule is CCCSc1nc2sc3c(c2c2nnc(SCc4ccc(Cl)cc4Cl)n12)CC(C)(CC)OC3. The number of ether oxygens (including phenoxy) is 1. The third kappa shape index (κ3) is 4.50. The molecule has 0 amide bonds. The van der Waals surface area contributed by atoms with Crippen molar-refractivity contribution in [1.82, 2.24) is 19.6 Å². The van der Waals surface area contributed by atoms with Gasteiger partial charge in [-0.25, -0.2) is 9.38 Å². The highest BCUT2D eigenvalue weighted by Gasteiger charge is 2.33. The van der Waals surface area contributed by atoms with Gasteiger partial charge in [-0.05, 0) is 43.0 Å². The number of nitrogens with zero attached hydrogens (tertiary/aromatic N) is 4. The lowest BCUT2D eigenvalue weighted by Crippen LogP contribution is -2.33. The molecule has 1 unspecified atom stereocenters. The van der Waals surface area contributed by atoms with Gasteiger partial charge >= 0.3 is 0 Å². The second-order valence-corrected chi connectivity index (χ2v) is 12.3. The number of rotatable bonds is 7. The van der Waals surface area contributed by atoms with Crippen LogP contribution in [0.3, 0.4) is 0 Å². The number of hydrogen-bond acceptors (Lipinski definition) is 7. The molecule has 0 radical (unpaired) electrons. The van der Waals surface area contributed by atoms with E-state index in [0.717, 1.165) is 56.8 Å². The molecular weight excluding hydrogens is 515 g/mol. The molecule has 0 fully saturated rings. The van der Waals surface area contributed by atoms with E-state index in [9.17, 15) is 0 Å². The van der Waals surface area contributed by atoms with E-state index < -0.39 is 0 Å². The number of fused-ring (bicyclic) bond motifs is 5. The van der Waals surface area contributed by atoms with E-state index in [0.29, 0.717) is 22.4 Å². The Morgan fingerprint density at radius 1 is 1.18 bits per heavy atom. The molecule has 0 saturated carbocycles. The molecule has 33 heavy (non-hydrogen) atoms. The highest BCUT2D eigenvalue weighted by Crippen LogP contribution is 2.42. The first-order valence-corrected chi connectivity index (χ1v) is 14.5. The van der Waals surface area contributed by atoms with E-state index in [1.807, 2.05) is 12.1 Å². The van der Waals surface area contributed by atoms with Crippen LogP contribution in [-0.4, -0.2) is 30.9 Å². The minimum atomic E-state index is -0.156. The lowest BCUT2D eigenvalue weighted by Gasteiger charge is -2.33. The first-order valence-electron chi connectivity index (χ1n) is 10.9. The highest BCUT2D eigenvalue weighted by molar-refractivity contribution is 7.99. The summed E-state index contributed by atoms with van der Waals surface area (Å²) < 4.78 is 8.33. The standard InChI is InChI=1S/C23H24Cl2N4OS3/c1-4-8-31-21-26-20-18(15-10-23(3,5-2)30-11-17(15)33-20)19-27-28-22(29(19)21)32-12-13-6-7-14(24)9-16(13)25/h6-7,9H,4-5,8,10-12H2,1-3H3. The molecule has 10 heteroatoms. The third-order valence-electron chi connectivity index (χ3n) is 5.98. The van der Waals surface area contributed by atoms with Crippen molar-refractivity contribution in [3.8, 4) is 0 Å². The first kappa shape index (κ1) is 23.7. The van der Waals surface area contributed by atoms with Crippen LogP contribution in [0.1, 0.15) is 49.6 Å². The quantitative estimate of drug-likeness (QED) is 0.177. The Labute approximate surface area is 215 Å². The molecule has 174 valence electrons. The molecule has 1 atom stereocenters. The molecule has 1 aliphatic rings. The lowest BCUT2D eigenvalue weighted by molar-refractivity contribution is -0.0542. The van der Waals surface area contributed by atoms with Gasteiger partial charge in [0.15, 0.2) is 16.0 Å². The van der Waals surface area contributed by atoms with Crippen molar-refractivity contribution in [3.63, 3.8) is 0 Å².